The van der Waals surface area contributed by atoms with E-state index >= 15 is 0 Å². The second-order valence-corrected chi connectivity index (χ2v) is 9.83. The number of rotatable bonds is 25. The van der Waals surface area contributed by atoms with Crippen molar-refractivity contribution < 1.29 is 33.4 Å². The molecule has 1 heterocycles. The van der Waals surface area contributed by atoms with Crippen LogP contribution in [0.4, 0.5) is 0 Å². The van der Waals surface area contributed by atoms with Gasteiger partial charge < -0.3 is 35.6 Å². The summed E-state index contributed by atoms with van der Waals surface area (Å²) in [7, 11) is 0. The fourth-order valence-electron chi connectivity index (χ4n) is 4.00. The molecule has 5 N–H and O–H groups in total. The molecule has 40 heavy (non-hydrogen) atoms. The summed E-state index contributed by atoms with van der Waals surface area (Å²) in [5.74, 6) is -0.538. The highest BCUT2D eigenvalue weighted by Crippen LogP contribution is 2.20. The Balaban J connectivity index is 2.28. The summed E-state index contributed by atoms with van der Waals surface area (Å²) in [5.41, 5.74) is 6.83. The van der Waals surface area contributed by atoms with Crippen molar-refractivity contribution >= 4 is 29.2 Å². The van der Waals surface area contributed by atoms with Crippen molar-refractivity contribution in [2.24, 2.45) is 11.7 Å². The van der Waals surface area contributed by atoms with Crippen molar-refractivity contribution in [2.75, 3.05) is 39.5 Å². The molecule has 0 aliphatic carbocycles. The lowest BCUT2D eigenvalue weighted by atomic mass is 9.88. The van der Waals surface area contributed by atoms with E-state index in [9.17, 15) is 24.0 Å². The number of nitrogens with one attached hydrogen (secondary N) is 3. The van der Waals surface area contributed by atoms with Crippen LogP contribution in [0.5, 0.6) is 0 Å². The van der Waals surface area contributed by atoms with Crippen molar-refractivity contribution in [2.45, 2.75) is 84.1 Å². The molecule has 12 heteroatoms. The SMILES string of the molecule is CCC(=O)NCCOCCOCC(=O)NCCCC[C@H](CCC(=O)[C@@H](N)Cc1cnc[nH]1)C(=O)CCCC(C)=O. The van der Waals surface area contributed by atoms with E-state index in [1.807, 2.05) is 0 Å². The number of imidazole rings is 1. The molecule has 2 amide bonds. The summed E-state index contributed by atoms with van der Waals surface area (Å²) in [6, 6.07) is -0.661. The summed E-state index contributed by atoms with van der Waals surface area (Å²) in [5, 5.41) is 5.50. The van der Waals surface area contributed by atoms with Crippen LogP contribution >= 0.6 is 0 Å². The number of Topliss-reactive ketones (excluding diaryl/α,β-unsaturated/α-hetero) is 3. The third-order valence-corrected chi connectivity index (χ3v) is 6.35. The van der Waals surface area contributed by atoms with E-state index < -0.39 is 6.04 Å². The molecule has 0 saturated carbocycles. The average molecular weight is 566 g/mol. The standard InChI is InChI=1S/C28H47N5O7/c1-3-27(37)32-13-14-39-15-16-40-19-28(38)31-12-5-4-8-22(25(35)9-6-7-21(2)34)10-11-26(36)24(29)17-23-18-30-20-33-23/h18,20,22,24H,3-17,19,29H2,1-2H3,(H,30,33)(H,31,38)(H,32,37)/t22-,24+/m1/s1. The summed E-state index contributed by atoms with van der Waals surface area (Å²) >= 11 is 0. The highest BCUT2D eigenvalue weighted by molar-refractivity contribution is 5.86. The molecule has 12 nitrogen and oxygen atoms in total. The maximum absolute atomic E-state index is 12.8. The van der Waals surface area contributed by atoms with Gasteiger partial charge in [-0.15, -0.1) is 0 Å². The van der Waals surface area contributed by atoms with Crippen molar-refractivity contribution in [1.29, 1.82) is 0 Å². The Morgan fingerprint density at radius 1 is 0.900 bits per heavy atom. The number of carbonyl (C=O) groups excluding carboxylic acids is 5. The van der Waals surface area contributed by atoms with Crippen LogP contribution in [0.1, 0.15) is 77.3 Å². The van der Waals surface area contributed by atoms with E-state index in [2.05, 4.69) is 20.6 Å². The quantitative estimate of drug-likeness (QED) is 0.127. The van der Waals surface area contributed by atoms with E-state index in [-0.39, 0.29) is 54.7 Å². The third-order valence-electron chi connectivity index (χ3n) is 6.35. The minimum atomic E-state index is -0.661. The molecule has 0 radical (unpaired) electrons. The summed E-state index contributed by atoms with van der Waals surface area (Å²) in [6.45, 7) is 5.08. The zero-order chi connectivity index (χ0) is 29.6. The fraction of sp³-hybridized carbons (Fsp3) is 0.714. The van der Waals surface area contributed by atoms with E-state index in [1.165, 1.54) is 13.3 Å². The number of H-pyrrole nitrogens is 1. The van der Waals surface area contributed by atoms with Gasteiger partial charge in [-0.2, -0.15) is 0 Å². The van der Waals surface area contributed by atoms with Gasteiger partial charge >= 0.3 is 0 Å². The number of nitrogens with zero attached hydrogens (tertiary/aromatic N) is 1. The second kappa shape index (κ2) is 21.8. The number of ether oxygens (including phenoxy) is 2. The number of hydrogen-bond acceptors (Lipinski definition) is 9. The number of ketones is 3. The van der Waals surface area contributed by atoms with Gasteiger partial charge in [0.05, 0.1) is 32.2 Å². The molecule has 0 aliphatic heterocycles. The van der Waals surface area contributed by atoms with Gasteiger partial charge in [-0.25, -0.2) is 4.98 Å². The number of unbranched alkanes of at least 4 members (excludes halogenated alkanes) is 1. The molecule has 0 aliphatic rings. The molecular formula is C28H47N5O7. The van der Waals surface area contributed by atoms with Crippen molar-refractivity contribution in [1.82, 2.24) is 20.6 Å². The minimum Gasteiger partial charge on any atom is -0.377 e. The average Bonchev–Trinajstić information content (AvgIpc) is 3.43. The van der Waals surface area contributed by atoms with Crippen LogP contribution < -0.4 is 16.4 Å². The lowest BCUT2D eigenvalue weighted by Gasteiger charge is -2.17. The van der Waals surface area contributed by atoms with Crippen molar-refractivity contribution in [3.63, 3.8) is 0 Å². The molecule has 1 rings (SSSR count). The van der Waals surface area contributed by atoms with Gasteiger partial charge in [0.1, 0.15) is 24.0 Å². The molecule has 0 aromatic carbocycles. The fourth-order valence-corrected chi connectivity index (χ4v) is 4.00. The lowest BCUT2D eigenvalue weighted by molar-refractivity contribution is -0.127. The monoisotopic (exact) mass is 565 g/mol. The molecule has 0 unspecified atom stereocenters. The van der Waals surface area contributed by atoms with Crippen LogP contribution in [-0.2, 0) is 39.9 Å². The predicted molar refractivity (Wildman–Crippen MR) is 149 cm³/mol. The highest BCUT2D eigenvalue weighted by Gasteiger charge is 2.22. The van der Waals surface area contributed by atoms with E-state index in [0.29, 0.717) is 84.1 Å². The summed E-state index contributed by atoms with van der Waals surface area (Å²) in [4.78, 5) is 66.6. The number of aromatic amines is 1. The van der Waals surface area contributed by atoms with E-state index in [1.54, 1.807) is 13.1 Å². The molecule has 2 atom stereocenters. The van der Waals surface area contributed by atoms with Crippen LogP contribution in [0.3, 0.4) is 0 Å². The number of amides is 2. The number of carbonyl (C=O) groups is 5. The Morgan fingerprint density at radius 2 is 1.65 bits per heavy atom. The van der Waals surface area contributed by atoms with Gasteiger partial charge in [0.2, 0.25) is 11.8 Å². The number of aromatic nitrogens is 2. The molecule has 0 spiro atoms. The summed E-state index contributed by atoms with van der Waals surface area (Å²) in [6.07, 6.45) is 7.77. The Hall–Kier alpha value is -2.96. The molecule has 0 bridgehead atoms. The maximum Gasteiger partial charge on any atom is 0.245 e. The molecule has 0 fully saturated rings. The topological polar surface area (TPSA) is 183 Å². The molecule has 0 saturated heterocycles. The largest absolute Gasteiger partial charge is 0.377 e. The molecule has 226 valence electrons. The zero-order valence-electron chi connectivity index (χ0n) is 24.0. The van der Waals surface area contributed by atoms with Gasteiger partial charge in [-0.05, 0) is 32.6 Å². The van der Waals surface area contributed by atoms with Gasteiger partial charge in [-0.3, -0.25) is 19.2 Å². The first-order chi connectivity index (χ1) is 19.2. The number of hydrogen-bond donors (Lipinski definition) is 4. The zero-order valence-corrected chi connectivity index (χ0v) is 24.0. The van der Waals surface area contributed by atoms with Crippen molar-refractivity contribution in [3.8, 4) is 0 Å². The first-order valence-corrected chi connectivity index (χ1v) is 14.2. The predicted octanol–water partition coefficient (Wildman–Crippen LogP) is 1.42. The second-order valence-electron chi connectivity index (χ2n) is 9.83. The number of nitrogens with two attached hydrogens (primary N) is 1. The molecular weight excluding hydrogens is 518 g/mol. The van der Waals surface area contributed by atoms with Gasteiger partial charge in [0.15, 0.2) is 0 Å². The minimum absolute atomic E-state index is 0.0275. The lowest BCUT2D eigenvalue weighted by Crippen LogP contribution is -2.33. The maximum atomic E-state index is 12.8. The van der Waals surface area contributed by atoms with E-state index in [4.69, 9.17) is 15.2 Å². The Bertz CT molecular complexity index is 892. The van der Waals surface area contributed by atoms with Gasteiger partial charge in [0.25, 0.3) is 0 Å². The smallest absolute Gasteiger partial charge is 0.245 e. The molecule has 1 aromatic heterocycles. The van der Waals surface area contributed by atoms with Gasteiger partial charge in [0, 0.05) is 63.0 Å². The molecule has 1 aromatic rings. The first-order valence-electron chi connectivity index (χ1n) is 14.2. The Morgan fingerprint density at radius 3 is 2.35 bits per heavy atom. The first kappa shape index (κ1) is 35.1. The third kappa shape index (κ3) is 17.6. The van der Waals surface area contributed by atoms with Crippen LogP contribution in [0.2, 0.25) is 0 Å². The normalized spacial score (nSPS) is 12.5. The van der Waals surface area contributed by atoms with Crippen LogP contribution in [-0.4, -0.2) is 84.7 Å². The Kier molecular flexibility index (Phi) is 19.1. The van der Waals surface area contributed by atoms with E-state index in [0.717, 1.165) is 5.69 Å². The highest BCUT2D eigenvalue weighted by atomic mass is 16.5. The van der Waals surface area contributed by atoms with Crippen LogP contribution in [0, 0.1) is 5.92 Å². The summed E-state index contributed by atoms with van der Waals surface area (Å²) < 4.78 is 10.6. The Labute approximate surface area is 236 Å². The van der Waals surface area contributed by atoms with Crippen LogP contribution in [0.15, 0.2) is 12.5 Å². The van der Waals surface area contributed by atoms with Crippen LogP contribution in [0.25, 0.3) is 0 Å². The van der Waals surface area contributed by atoms with Gasteiger partial charge in [-0.1, -0.05) is 13.3 Å². The van der Waals surface area contributed by atoms with Crippen molar-refractivity contribution in [3.05, 3.63) is 18.2 Å².